The second-order valence-electron chi connectivity index (χ2n) is 7.86. The topological polar surface area (TPSA) is 95.1 Å². The number of nitrogens with one attached hydrogen (secondary N) is 1. The summed E-state index contributed by atoms with van der Waals surface area (Å²) in [4.78, 5) is 22.6. The number of nitrogen functional groups attached to an aromatic ring is 1. The molecule has 2 aromatic carbocycles. The number of fused-ring (bicyclic) bond motifs is 2. The van der Waals surface area contributed by atoms with E-state index < -0.39 is 0 Å². The number of methoxy groups -OCH3 is 1. The number of aromatic nitrogens is 3. The Bertz CT molecular complexity index is 1230. The first kappa shape index (κ1) is 21.6. The predicted octanol–water partition coefficient (Wildman–Crippen LogP) is 4.34. The lowest BCUT2D eigenvalue weighted by molar-refractivity contribution is 0.0955. The van der Waals surface area contributed by atoms with Crippen LogP contribution in [0.15, 0.2) is 48.5 Å². The number of aryl methyl sites for hydroxylation is 2. The van der Waals surface area contributed by atoms with Crippen molar-refractivity contribution in [3.05, 3.63) is 59.7 Å². The zero-order valence-corrected chi connectivity index (χ0v) is 18.6. The van der Waals surface area contributed by atoms with Crippen LogP contribution in [0.5, 0.6) is 5.75 Å². The van der Waals surface area contributed by atoms with Gasteiger partial charge in [0.25, 0.3) is 5.91 Å². The number of benzene rings is 2. The lowest BCUT2D eigenvalue weighted by atomic mass is 10.1. The largest absolute Gasteiger partial charge is 0.497 e. The van der Waals surface area contributed by atoms with Gasteiger partial charge in [0.2, 0.25) is 0 Å². The van der Waals surface area contributed by atoms with Crippen LogP contribution in [0.3, 0.4) is 0 Å². The second kappa shape index (κ2) is 9.68. The number of nitrogens with two attached hydrogens (primary N) is 1. The van der Waals surface area contributed by atoms with Gasteiger partial charge in [0.15, 0.2) is 5.65 Å². The summed E-state index contributed by atoms with van der Waals surface area (Å²) < 4.78 is 7.14. The van der Waals surface area contributed by atoms with Crippen molar-refractivity contribution in [3.8, 4) is 5.75 Å². The molecule has 3 N–H and O–H groups in total. The molecule has 0 aliphatic heterocycles. The first-order chi connectivity index (χ1) is 15.6. The highest BCUT2D eigenvalue weighted by Crippen LogP contribution is 2.28. The van der Waals surface area contributed by atoms with E-state index >= 15 is 0 Å². The molecule has 0 aliphatic rings. The van der Waals surface area contributed by atoms with Crippen LogP contribution in [0.2, 0.25) is 0 Å². The van der Waals surface area contributed by atoms with E-state index in [9.17, 15) is 4.79 Å². The fourth-order valence-corrected chi connectivity index (χ4v) is 3.87. The monoisotopic (exact) mass is 431 g/mol. The predicted molar refractivity (Wildman–Crippen MR) is 128 cm³/mol. The molecule has 0 spiro atoms. The van der Waals surface area contributed by atoms with Crippen molar-refractivity contribution in [1.29, 1.82) is 0 Å². The smallest absolute Gasteiger partial charge is 0.257 e. The summed E-state index contributed by atoms with van der Waals surface area (Å²) in [7, 11) is 1.65. The molecule has 2 heterocycles. The highest BCUT2D eigenvalue weighted by atomic mass is 16.5. The number of hydrogen-bond acceptors (Lipinski definition) is 5. The van der Waals surface area contributed by atoms with Crippen molar-refractivity contribution in [3.63, 3.8) is 0 Å². The molecule has 7 nitrogen and oxygen atoms in total. The zero-order chi connectivity index (χ0) is 22.5. The minimum absolute atomic E-state index is 0.198. The molecular weight excluding hydrogens is 402 g/mol. The first-order valence-electron chi connectivity index (χ1n) is 11.1. The van der Waals surface area contributed by atoms with Gasteiger partial charge in [0.1, 0.15) is 22.6 Å². The van der Waals surface area contributed by atoms with Crippen LogP contribution in [-0.4, -0.2) is 34.1 Å². The van der Waals surface area contributed by atoms with Crippen LogP contribution in [0.4, 0.5) is 5.82 Å². The summed E-state index contributed by atoms with van der Waals surface area (Å²) in [6.45, 7) is 3.34. The van der Waals surface area contributed by atoms with Crippen molar-refractivity contribution in [2.24, 2.45) is 0 Å². The van der Waals surface area contributed by atoms with Gasteiger partial charge in [-0.2, -0.15) is 0 Å². The van der Waals surface area contributed by atoms with Gasteiger partial charge in [-0.3, -0.25) is 4.79 Å². The van der Waals surface area contributed by atoms with Crippen molar-refractivity contribution < 1.29 is 9.53 Å². The number of anilines is 1. The number of unbranched alkanes of at least 4 members (excludes halogenated alkanes) is 2. The van der Waals surface area contributed by atoms with E-state index in [1.807, 2.05) is 53.1 Å². The van der Waals surface area contributed by atoms with Gasteiger partial charge in [-0.25, -0.2) is 9.97 Å². The van der Waals surface area contributed by atoms with Gasteiger partial charge < -0.3 is 20.4 Å². The van der Waals surface area contributed by atoms with Gasteiger partial charge in [-0.05, 0) is 42.7 Å². The number of carbonyl (C=O) groups excluding carboxylic acids is 1. The van der Waals surface area contributed by atoms with Crippen LogP contribution < -0.4 is 15.8 Å². The molecule has 0 radical (unpaired) electrons. The number of rotatable bonds is 9. The maximum atomic E-state index is 13.1. The number of amides is 1. The molecule has 4 rings (SSSR count). The average molecular weight is 432 g/mol. The van der Waals surface area contributed by atoms with Gasteiger partial charge >= 0.3 is 0 Å². The van der Waals surface area contributed by atoms with E-state index in [1.54, 1.807) is 7.11 Å². The normalized spacial score (nSPS) is 11.2. The molecule has 7 heteroatoms. The highest BCUT2D eigenvalue weighted by molar-refractivity contribution is 6.10. The van der Waals surface area contributed by atoms with Crippen LogP contribution in [0.1, 0.15) is 42.1 Å². The van der Waals surface area contributed by atoms with Gasteiger partial charge in [-0.15, -0.1) is 0 Å². The molecule has 4 aromatic rings. The van der Waals surface area contributed by atoms with Crippen LogP contribution in [0, 0.1) is 0 Å². The molecule has 0 aliphatic carbocycles. The highest BCUT2D eigenvalue weighted by Gasteiger charge is 2.23. The summed E-state index contributed by atoms with van der Waals surface area (Å²) in [5, 5.41) is 3.00. The van der Waals surface area contributed by atoms with E-state index in [4.69, 9.17) is 20.4 Å². The van der Waals surface area contributed by atoms with Crippen molar-refractivity contribution >= 4 is 33.9 Å². The minimum atomic E-state index is -0.198. The zero-order valence-electron chi connectivity index (χ0n) is 18.6. The third kappa shape index (κ3) is 4.37. The van der Waals surface area contributed by atoms with Crippen LogP contribution in [-0.2, 0) is 13.0 Å². The summed E-state index contributed by atoms with van der Waals surface area (Å²) >= 11 is 0. The third-order valence-electron chi connectivity index (χ3n) is 5.67. The molecule has 0 saturated carbocycles. The summed E-state index contributed by atoms with van der Waals surface area (Å²) in [6.07, 6.45) is 3.85. The van der Waals surface area contributed by atoms with E-state index in [2.05, 4.69) is 12.2 Å². The molecule has 32 heavy (non-hydrogen) atoms. The molecule has 1 amide bonds. The van der Waals surface area contributed by atoms with Crippen LogP contribution >= 0.6 is 0 Å². The Morgan fingerprint density at radius 3 is 2.47 bits per heavy atom. The fraction of sp³-hybridized carbons (Fsp3) is 0.320. The Labute approximate surface area is 187 Å². The molecule has 166 valence electrons. The number of nitrogens with zero attached hydrogens (tertiary/aromatic N) is 3. The molecule has 0 unspecified atom stereocenters. The van der Waals surface area contributed by atoms with Crippen molar-refractivity contribution in [2.75, 3.05) is 19.4 Å². The molecule has 0 fully saturated rings. The van der Waals surface area contributed by atoms with E-state index in [0.29, 0.717) is 35.6 Å². The molecule has 0 bridgehead atoms. The number of ether oxygens (including phenoxy) is 1. The summed E-state index contributed by atoms with van der Waals surface area (Å²) in [6, 6.07) is 15.6. The maximum absolute atomic E-state index is 13.1. The standard InChI is InChI=1S/C25H29N5O2/c1-3-4-7-15-27-25(31)21-22-24(29-20-9-6-5-8-19(20)28-22)30(23(21)26)16-14-17-10-12-18(32-2)13-11-17/h5-6,8-13H,3-4,7,14-16,26H2,1-2H3,(H,27,31). The Morgan fingerprint density at radius 1 is 1.06 bits per heavy atom. The van der Waals surface area contributed by atoms with E-state index in [-0.39, 0.29) is 5.91 Å². The molecular formula is C25H29N5O2. The number of carbonyl (C=O) groups is 1. The lowest BCUT2D eigenvalue weighted by Crippen LogP contribution is -2.25. The maximum Gasteiger partial charge on any atom is 0.257 e. The fourth-order valence-electron chi connectivity index (χ4n) is 3.87. The molecule has 0 atom stereocenters. The van der Waals surface area contributed by atoms with Gasteiger partial charge in [0, 0.05) is 13.1 Å². The summed E-state index contributed by atoms with van der Waals surface area (Å²) in [5.74, 6) is 1.02. The van der Waals surface area contributed by atoms with Gasteiger partial charge in [-0.1, -0.05) is 44.0 Å². The average Bonchev–Trinajstić information content (AvgIpc) is 3.09. The Balaban J connectivity index is 1.70. The third-order valence-corrected chi connectivity index (χ3v) is 5.67. The summed E-state index contributed by atoms with van der Waals surface area (Å²) in [5.41, 5.74) is 10.8. The Kier molecular flexibility index (Phi) is 6.54. The van der Waals surface area contributed by atoms with E-state index in [1.165, 1.54) is 0 Å². The van der Waals surface area contributed by atoms with Gasteiger partial charge in [0.05, 0.1) is 18.1 Å². The van der Waals surface area contributed by atoms with E-state index in [0.717, 1.165) is 48.0 Å². The molecule has 0 saturated heterocycles. The number of hydrogen-bond donors (Lipinski definition) is 2. The quantitative estimate of drug-likeness (QED) is 0.385. The Morgan fingerprint density at radius 2 is 1.78 bits per heavy atom. The SMILES string of the molecule is CCCCCNC(=O)c1c(N)n(CCc2ccc(OC)cc2)c2nc3ccccc3nc12. The van der Waals surface area contributed by atoms with Crippen molar-refractivity contribution in [2.45, 2.75) is 39.2 Å². The Hall–Kier alpha value is -3.61. The van der Waals surface area contributed by atoms with Crippen molar-refractivity contribution in [1.82, 2.24) is 19.9 Å². The minimum Gasteiger partial charge on any atom is -0.497 e. The lowest BCUT2D eigenvalue weighted by Gasteiger charge is -2.09. The van der Waals surface area contributed by atoms with Crippen LogP contribution in [0.25, 0.3) is 22.2 Å². The number of para-hydroxylation sites is 2. The molecule has 2 aromatic heterocycles. The second-order valence-corrected chi connectivity index (χ2v) is 7.86. The first-order valence-corrected chi connectivity index (χ1v) is 11.1.